The minimum Gasteiger partial charge on any atom is -0.324 e. The highest BCUT2D eigenvalue weighted by atomic mass is 16.1. The van der Waals surface area contributed by atoms with E-state index < -0.39 is 0 Å². The lowest BCUT2D eigenvalue weighted by atomic mass is 9.94. The molecule has 22 heavy (non-hydrogen) atoms. The molecule has 1 heterocycles. The maximum absolute atomic E-state index is 13.0. The molecular formula is C19H24N2O. The summed E-state index contributed by atoms with van der Waals surface area (Å²) < 4.78 is 2.01. The Morgan fingerprint density at radius 3 is 2.36 bits per heavy atom. The summed E-state index contributed by atoms with van der Waals surface area (Å²) in [6.45, 7) is 1.88. The number of aromatic nitrogens is 1. The maximum atomic E-state index is 13.0. The predicted octanol–water partition coefficient (Wildman–Crippen LogP) is 4.04. The minimum atomic E-state index is -0.229. The van der Waals surface area contributed by atoms with Gasteiger partial charge in [-0.1, -0.05) is 49.6 Å². The Hall–Kier alpha value is -1.87. The second kappa shape index (κ2) is 6.49. The van der Waals surface area contributed by atoms with Crippen LogP contribution in [0.15, 0.2) is 47.3 Å². The molecule has 1 aromatic heterocycles. The number of nitrogens with zero attached hydrogens (tertiary/aromatic N) is 1. The minimum absolute atomic E-state index is 0.0863. The summed E-state index contributed by atoms with van der Waals surface area (Å²) in [4.78, 5) is 13.0. The number of benzene rings is 1. The van der Waals surface area contributed by atoms with Crippen molar-refractivity contribution in [3.05, 3.63) is 58.4 Å². The van der Waals surface area contributed by atoms with Gasteiger partial charge in [0.1, 0.15) is 0 Å². The number of rotatable bonds is 3. The van der Waals surface area contributed by atoms with Crippen LogP contribution in [0.4, 0.5) is 0 Å². The third-order valence-corrected chi connectivity index (χ3v) is 4.65. The molecule has 0 radical (unpaired) electrons. The Morgan fingerprint density at radius 2 is 1.73 bits per heavy atom. The van der Waals surface area contributed by atoms with Gasteiger partial charge in [-0.05, 0) is 37.5 Å². The first-order valence-corrected chi connectivity index (χ1v) is 8.25. The highest BCUT2D eigenvalue weighted by Gasteiger charge is 2.21. The fourth-order valence-electron chi connectivity index (χ4n) is 3.46. The molecule has 0 aliphatic heterocycles. The molecule has 3 nitrogen and oxygen atoms in total. The van der Waals surface area contributed by atoms with Crippen LogP contribution in [0.5, 0.6) is 0 Å². The van der Waals surface area contributed by atoms with E-state index in [1.807, 2.05) is 35.8 Å². The van der Waals surface area contributed by atoms with Crippen molar-refractivity contribution in [2.45, 2.75) is 51.1 Å². The lowest BCUT2D eigenvalue weighted by Crippen LogP contribution is -2.32. The predicted molar refractivity (Wildman–Crippen MR) is 90.9 cm³/mol. The number of hydrogen-bond donors (Lipinski definition) is 1. The summed E-state index contributed by atoms with van der Waals surface area (Å²) in [7, 11) is 0. The van der Waals surface area contributed by atoms with Gasteiger partial charge in [-0.2, -0.15) is 0 Å². The van der Waals surface area contributed by atoms with Crippen molar-refractivity contribution in [3.63, 3.8) is 0 Å². The quantitative estimate of drug-likeness (QED) is 0.929. The van der Waals surface area contributed by atoms with Crippen LogP contribution in [-0.4, -0.2) is 4.57 Å². The Balaban J connectivity index is 2.17. The third kappa shape index (κ3) is 2.86. The molecule has 0 saturated heterocycles. The standard InChI is InChI=1S/C19H24N2O/c1-14(20)17-12-13-18(15-8-4-2-5-9-15)21(19(17)22)16-10-6-3-7-11-16/h2,4-5,8-9,12-14,16H,3,6-7,10-11,20H2,1H3. The maximum Gasteiger partial charge on any atom is 0.256 e. The van der Waals surface area contributed by atoms with Crippen molar-refractivity contribution >= 4 is 0 Å². The molecule has 1 fully saturated rings. The fourth-order valence-corrected chi connectivity index (χ4v) is 3.46. The van der Waals surface area contributed by atoms with Gasteiger partial charge < -0.3 is 10.3 Å². The highest BCUT2D eigenvalue weighted by molar-refractivity contribution is 5.60. The monoisotopic (exact) mass is 296 g/mol. The molecule has 3 heteroatoms. The van der Waals surface area contributed by atoms with Gasteiger partial charge >= 0.3 is 0 Å². The van der Waals surface area contributed by atoms with E-state index in [0.717, 1.165) is 24.1 Å². The van der Waals surface area contributed by atoms with Gasteiger partial charge in [0.05, 0.1) is 5.69 Å². The summed E-state index contributed by atoms with van der Waals surface area (Å²) >= 11 is 0. The number of pyridine rings is 1. The zero-order valence-corrected chi connectivity index (χ0v) is 13.2. The van der Waals surface area contributed by atoms with Gasteiger partial charge in [-0.25, -0.2) is 0 Å². The molecule has 116 valence electrons. The summed E-state index contributed by atoms with van der Waals surface area (Å²) in [6, 6.07) is 14.2. The van der Waals surface area contributed by atoms with Crippen LogP contribution in [0.3, 0.4) is 0 Å². The normalized spacial score (nSPS) is 17.4. The van der Waals surface area contributed by atoms with Gasteiger partial charge in [-0.15, -0.1) is 0 Å². The van der Waals surface area contributed by atoms with Gasteiger partial charge in [0.25, 0.3) is 5.56 Å². The van der Waals surface area contributed by atoms with E-state index in [1.54, 1.807) is 0 Å². The molecule has 1 saturated carbocycles. The van der Waals surface area contributed by atoms with Crippen molar-refractivity contribution in [2.24, 2.45) is 5.73 Å². The Kier molecular flexibility index (Phi) is 4.44. The molecule has 1 atom stereocenters. The van der Waals surface area contributed by atoms with Crippen LogP contribution in [-0.2, 0) is 0 Å². The van der Waals surface area contributed by atoms with Crippen LogP contribution in [0.25, 0.3) is 11.3 Å². The molecule has 2 N–H and O–H groups in total. The SMILES string of the molecule is CC(N)c1ccc(-c2ccccc2)n(C2CCCCC2)c1=O. The van der Waals surface area contributed by atoms with Gasteiger partial charge in [-0.3, -0.25) is 4.79 Å². The first-order valence-electron chi connectivity index (χ1n) is 8.25. The van der Waals surface area contributed by atoms with E-state index in [9.17, 15) is 4.79 Å². The fraction of sp³-hybridized carbons (Fsp3) is 0.421. The molecular weight excluding hydrogens is 272 g/mol. The molecule has 2 aromatic rings. The first kappa shape index (κ1) is 15.0. The second-order valence-corrected chi connectivity index (χ2v) is 6.30. The third-order valence-electron chi connectivity index (χ3n) is 4.65. The largest absolute Gasteiger partial charge is 0.324 e. The van der Waals surface area contributed by atoms with E-state index in [4.69, 9.17) is 5.73 Å². The van der Waals surface area contributed by atoms with E-state index in [1.165, 1.54) is 19.3 Å². The average molecular weight is 296 g/mol. The van der Waals surface area contributed by atoms with Crippen molar-refractivity contribution in [1.82, 2.24) is 4.57 Å². The summed E-state index contributed by atoms with van der Waals surface area (Å²) in [6.07, 6.45) is 5.85. The molecule has 0 amide bonds. The van der Waals surface area contributed by atoms with E-state index in [-0.39, 0.29) is 11.6 Å². The lowest BCUT2D eigenvalue weighted by Gasteiger charge is -2.27. The number of nitrogens with two attached hydrogens (primary N) is 1. The van der Waals surface area contributed by atoms with Crippen molar-refractivity contribution in [2.75, 3.05) is 0 Å². The topological polar surface area (TPSA) is 48.0 Å². The Bertz CT molecular complexity index is 682. The van der Waals surface area contributed by atoms with Crippen LogP contribution in [0.1, 0.15) is 56.7 Å². The second-order valence-electron chi connectivity index (χ2n) is 6.30. The number of hydrogen-bond acceptors (Lipinski definition) is 2. The Labute approximate surface area is 131 Å². The smallest absolute Gasteiger partial charge is 0.256 e. The van der Waals surface area contributed by atoms with E-state index >= 15 is 0 Å². The average Bonchev–Trinajstić information content (AvgIpc) is 2.55. The van der Waals surface area contributed by atoms with Crippen LogP contribution in [0.2, 0.25) is 0 Å². The molecule has 1 aliphatic rings. The highest BCUT2D eigenvalue weighted by Crippen LogP contribution is 2.31. The van der Waals surface area contributed by atoms with Gasteiger partial charge in [0, 0.05) is 17.6 Å². The van der Waals surface area contributed by atoms with Crippen LogP contribution in [0, 0.1) is 0 Å². The zero-order chi connectivity index (χ0) is 15.5. The van der Waals surface area contributed by atoms with E-state index in [0.29, 0.717) is 11.6 Å². The van der Waals surface area contributed by atoms with E-state index in [2.05, 4.69) is 18.2 Å². The lowest BCUT2D eigenvalue weighted by molar-refractivity contribution is 0.347. The molecule has 3 rings (SSSR count). The summed E-state index contributed by atoms with van der Waals surface area (Å²) in [5.41, 5.74) is 8.90. The Morgan fingerprint density at radius 1 is 1.05 bits per heavy atom. The first-order chi connectivity index (χ1) is 10.7. The molecule has 1 aromatic carbocycles. The molecule has 1 unspecified atom stereocenters. The van der Waals surface area contributed by atoms with Crippen molar-refractivity contribution in [1.29, 1.82) is 0 Å². The van der Waals surface area contributed by atoms with Gasteiger partial charge in [0.2, 0.25) is 0 Å². The van der Waals surface area contributed by atoms with Crippen LogP contribution >= 0.6 is 0 Å². The molecule has 0 bridgehead atoms. The van der Waals surface area contributed by atoms with Crippen molar-refractivity contribution in [3.8, 4) is 11.3 Å². The molecule has 1 aliphatic carbocycles. The van der Waals surface area contributed by atoms with Gasteiger partial charge in [0.15, 0.2) is 0 Å². The summed E-state index contributed by atoms with van der Waals surface area (Å²) in [5.74, 6) is 0. The summed E-state index contributed by atoms with van der Waals surface area (Å²) in [5, 5.41) is 0. The zero-order valence-electron chi connectivity index (χ0n) is 13.2. The van der Waals surface area contributed by atoms with Crippen LogP contribution < -0.4 is 11.3 Å². The molecule has 0 spiro atoms. The van der Waals surface area contributed by atoms with Crippen molar-refractivity contribution < 1.29 is 0 Å².